The molecule has 4 nitrogen and oxygen atoms in total. The van der Waals surface area contributed by atoms with Crippen LogP contribution in [0.4, 0.5) is 0 Å². The molecule has 0 heterocycles. The van der Waals surface area contributed by atoms with Gasteiger partial charge in [0.2, 0.25) is 0 Å². The van der Waals surface area contributed by atoms with E-state index in [4.69, 9.17) is 13.0 Å². The van der Waals surface area contributed by atoms with E-state index in [1.54, 1.807) is 28.4 Å². The van der Waals surface area contributed by atoms with Gasteiger partial charge in [0.15, 0.2) is 0 Å². The molecule has 0 unspecified atom stereocenters. The Hall–Kier alpha value is 0.580. The summed E-state index contributed by atoms with van der Waals surface area (Å²) >= 11 is -3.98. The van der Waals surface area contributed by atoms with Crippen LogP contribution >= 0.6 is 0 Å². The number of hydrogen-bond acceptors (Lipinski definition) is 4. The van der Waals surface area contributed by atoms with Crippen molar-refractivity contribution in [3.05, 3.63) is 0 Å². The van der Waals surface area contributed by atoms with Crippen LogP contribution in [0, 0.1) is 0 Å². The molecule has 70 valence electrons. The Morgan fingerprint density at radius 2 is 1.09 bits per heavy atom. The summed E-state index contributed by atoms with van der Waals surface area (Å²) in [6.07, 6.45) is 0. The van der Waals surface area contributed by atoms with E-state index in [0.717, 1.165) is 0 Å². The molecule has 0 fully saturated rings. The first-order valence-electron chi connectivity index (χ1n) is 3.39. The summed E-state index contributed by atoms with van der Waals surface area (Å²) in [6, 6.07) is 0. The minimum atomic E-state index is -3.98. The predicted octanol–water partition coefficient (Wildman–Crippen LogP) is 1.36. The van der Waals surface area contributed by atoms with Crippen LogP contribution in [-0.4, -0.2) is 28.4 Å². The molecule has 0 aromatic rings. The van der Waals surface area contributed by atoms with Crippen molar-refractivity contribution in [1.29, 1.82) is 0 Å². The van der Waals surface area contributed by atoms with Crippen molar-refractivity contribution in [2.24, 2.45) is 0 Å². The summed E-state index contributed by atoms with van der Waals surface area (Å²) in [4.78, 5) is 0. The fourth-order valence-corrected chi connectivity index (χ4v) is 5.70. The van der Waals surface area contributed by atoms with E-state index in [1.165, 1.54) is 0 Å². The second-order valence-electron chi connectivity index (χ2n) is 2.01. The second-order valence-corrected chi connectivity index (χ2v) is 11.9. The van der Waals surface area contributed by atoms with Crippen LogP contribution in [0.1, 0.15) is 6.92 Å². The van der Waals surface area contributed by atoms with Gasteiger partial charge in [0.25, 0.3) is 0 Å². The van der Waals surface area contributed by atoms with Crippen LogP contribution in [0.15, 0.2) is 0 Å². The molecule has 0 amide bonds. The van der Waals surface area contributed by atoms with E-state index in [9.17, 15) is 0 Å². The molecule has 0 saturated heterocycles. The van der Waals surface area contributed by atoms with Gasteiger partial charge in [-0.2, -0.15) is 0 Å². The van der Waals surface area contributed by atoms with Crippen LogP contribution in [-0.2, 0) is 30.4 Å². The number of rotatable bonds is 5. The zero-order valence-electron chi connectivity index (χ0n) is 7.79. The van der Waals surface area contributed by atoms with Crippen molar-refractivity contribution in [3.63, 3.8) is 0 Å². The Kier molecular flexibility index (Phi) is 4.21. The number of hydrogen-bond donors (Lipinski definition) is 0. The van der Waals surface area contributed by atoms with Crippen LogP contribution in [0.5, 0.6) is 0 Å². The van der Waals surface area contributed by atoms with Gasteiger partial charge in [0.05, 0.1) is 0 Å². The summed E-state index contributed by atoms with van der Waals surface area (Å²) in [6.45, 7) is 1.93. The predicted molar refractivity (Wildman–Crippen MR) is 38.5 cm³/mol. The molecular weight excluding hydrogens is 229 g/mol. The van der Waals surface area contributed by atoms with E-state index in [2.05, 4.69) is 0 Å². The Bertz CT molecular complexity index is 86.9. The quantitative estimate of drug-likeness (QED) is 0.686. The average Bonchev–Trinajstić information content (AvgIpc) is 2.12. The molecule has 0 atom stereocenters. The molecule has 0 aromatic carbocycles. The van der Waals surface area contributed by atoms with Crippen molar-refractivity contribution in [3.8, 4) is 0 Å². The average molecular weight is 246 g/mol. The molecule has 0 bridgehead atoms. The van der Waals surface area contributed by atoms with E-state index >= 15 is 0 Å². The van der Waals surface area contributed by atoms with Crippen LogP contribution in [0.2, 0.25) is 4.64 Å². The van der Waals surface area contributed by atoms with Crippen molar-refractivity contribution >= 4 is 0 Å². The first-order chi connectivity index (χ1) is 5.12. The first kappa shape index (κ1) is 11.6. The molecule has 0 aliphatic rings. The van der Waals surface area contributed by atoms with Gasteiger partial charge >= 0.3 is 70.4 Å². The van der Waals surface area contributed by atoms with Gasteiger partial charge in [-0.3, -0.25) is 0 Å². The van der Waals surface area contributed by atoms with Crippen molar-refractivity contribution < 1.29 is 30.4 Å². The molecule has 0 N–H and O–H groups in total. The zero-order valence-corrected chi connectivity index (χ0v) is 9.99. The standard InChI is InChI=1S/C2H5.4CH3O.Nb/c5*1-2;/h1H2,2H3;4*1H3;/q;4*-1;+4. The van der Waals surface area contributed by atoms with E-state index in [-0.39, 0.29) is 0 Å². The molecule has 0 radical (unpaired) electrons. The van der Waals surface area contributed by atoms with Crippen molar-refractivity contribution in [1.82, 2.24) is 0 Å². The minimum absolute atomic E-state index is 0.646. The Balaban J connectivity index is 4.67. The van der Waals surface area contributed by atoms with Crippen LogP contribution in [0.25, 0.3) is 0 Å². The SMILES string of the molecule is C[CH2][Nb]([O]C)([O]C)([O]C)[O]C. The summed E-state index contributed by atoms with van der Waals surface area (Å²) in [5, 5.41) is 0. The third kappa shape index (κ3) is 1.84. The topological polar surface area (TPSA) is 36.9 Å². The van der Waals surface area contributed by atoms with Gasteiger partial charge in [0, 0.05) is 0 Å². The summed E-state index contributed by atoms with van der Waals surface area (Å²) < 4.78 is 21.7. The molecule has 0 aliphatic carbocycles. The maximum absolute atomic E-state index is 5.26. The summed E-state index contributed by atoms with van der Waals surface area (Å²) in [5.74, 6) is 0. The second kappa shape index (κ2) is 4.00. The van der Waals surface area contributed by atoms with Gasteiger partial charge in [-0.05, 0) is 0 Å². The molecule has 0 aromatic heterocycles. The summed E-state index contributed by atoms with van der Waals surface area (Å²) in [5.41, 5.74) is 0. The van der Waals surface area contributed by atoms with Gasteiger partial charge < -0.3 is 0 Å². The van der Waals surface area contributed by atoms with Crippen molar-refractivity contribution in [2.75, 3.05) is 28.4 Å². The normalized spacial score (nSPS) is 15.9. The zero-order chi connectivity index (χ0) is 8.98. The Labute approximate surface area is 70.7 Å². The summed E-state index contributed by atoms with van der Waals surface area (Å²) in [7, 11) is 6.23. The Morgan fingerprint density at radius 1 is 0.818 bits per heavy atom. The molecule has 11 heavy (non-hydrogen) atoms. The fourth-order valence-electron chi connectivity index (χ4n) is 0.964. The first-order valence-corrected chi connectivity index (χ1v) is 8.53. The fraction of sp³-hybridized carbons (Fsp3) is 1.00. The third-order valence-corrected chi connectivity index (χ3v) is 11.4. The monoisotopic (exact) mass is 246 g/mol. The molecule has 0 saturated carbocycles. The van der Waals surface area contributed by atoms with Gasteiger partial charge in [-0.1, -0.05) is 0 Å². The van der Waals surface area contributed by atoms with Crippen molar-refractivity contribution in [2.45, 2.75) is 11.6 Å². The molecule has 0 aliphatic heterocycles. The van der Waals surface area contributed by atoms with Crippen LogP contribution < -0.4 is 0 Å². The molecule has 0 rings (SSSR count). The van der Waals surface area contributed by atoms with Gasteiger partial charge in [-0.15, -0.1) is 0 Å². The van der Waals surface area contributed by atoms with E-state index < -0.39 is 17.4 Å². The van der Waals surface area contributed by atoms with Gasteiger partial charge in [-0.25, -0.2) is 0 Å². The maximum atomic E-state index is 5.26. The Morgan fingerprint density at radius 3 is 1.09 bits per heavy atom. The van der Waals surface area contributed by atoms with Gasteiger partial charge in [0.1, 0.15) is 0 Å². The van der Waals surface area contributed by atoms with E-state index in [1.807, 2.05) is 6.92 Å². The molecular formula is C6H17NbO4. The third-order valence-electron chi connectivity index (χ3n) is 1.93. The van der Waals surface area contributed by atoms with Crippen LogP contribution in [0.3, 0.4) is 0 Å². The van der Waals surface area contributed by atoms with E-state index in [0.29, 0.717) is 4.64 Å². The molecule has 5 heteroatoms. The molecule has 0 spiro atoms.